The number of hydrogen-bond donors (Lipinski definition) is 0. The Bertz CT molecular complexity index is 65.0. The molecule has 49 valence electrons. The van der Waals surface area contributed by atoms with Crippen LogP contribution >= 0.6 is 22.6 Å². The van der Waals surface area contributed by atoms with Gasteiger partial charge in [0.05, 0.1) is 0 Å². The lowest BCUT2D eigenvalue weighted by Crippen LogP contribution is -1.91. The molecule has 0 saturated heterocycles. The predicted octanol–water partition coefficient (Wildman–Crippen LogP) is 2.61. The number of rotatable bonds is 3. The highest BCUT2D eigenvalue weighted by atomic mass is 127. The van der Waals surface area contributed by atoms with E-state index in [1.165, 1.54) is 23.2 Å². The van der Waals surface area contributed by atoms with Gasteiger partial charge in [0.25, 0.3) is 0 Å². The van der Waals surface area contributed by atoms with Crippen molar-refractivity contribution in [3.05, 3.63) is 31.6 Å². The molecule has 0 aromatic rings. The summed E-state index contributed by atoms with van der Waals surface area (Å²) in [6.45, 7) is 0. The Balaban J connectivity index is 1.98. The third kappa shape index (κ3) is 2.87. The van der Waals surface area contributed by atoms with Crippen molar-refractivity contribution in [2.24, 2.45) is 0 Å². The van der Waals surface area contributed by atoms with Gasteiger partial charge in [0, 0.05) is 0 Å². The minimum absolute atomic E-state index is 1.25. The topological polar surface area (TPSA) is 0 Å². The molecule has 0 aromatic carbocycles. The van der Waals surface area contributed by atoms with Gasteiger partial charge in [-0.25, -0.2) is 0 Å². The Morgan fingerprint density at radius 1 is 1.22 bits per heavy atom. The standard InChI is InChI=1S/C8H10I/c9-7-3-6-8-4-1-2-5-8/h1-2,4-5H,3,6-7H2. The van der Waals surface area contributed by atoms with E-state index >= 15 is 0 Å². The zero-order valence-electron chi connectivity index (χ0n) is 5.31. The molecule has 1 aliphatic carbocycles. The Morgan fingerprint density at radius 3 is 2.44 bits per heavy atom. The summed E-state index contributed by atoms with van der Waals surface area (Å²) < 4.78 is 1.27. The van der Waals surface area contributed by atoms with Crippen LogP contribution in [0.5, 0.6) is 0 Å². The second kappa shape index (κ2) is 4.53. The quantitative estimate of drug-likeness (QED) is 0.519. The van der Waals surface area contributed by atoms with Crippen LogP contribution in [0.3, 0.4) is 0 Å². The van der Waals surface area contributed by atoms with Gasteiger partial charge in [-0.1, -0.05) is 22.6 Å². The fourth-order valence-corrected chi connectivity index (χ4v) is 1.23. The summed E-state index contributed by atoms with van der Waals surface area (Å²) in [7, 11) is 0. The van der Waals surface area contributed by atoms with Crippen LogP contribution in [0.2, 0.25) is 0 Å². The summed E-state index contributed by atoms with van der Waals surface area (Å²) in [6.07, 6.45) is 11.1. The second-order valence-corrected chi connectivity index (χ2v) is 3.16. The highest BCUT2D eigenvalue weighted by molar-refractivity contribution is 14.1. The normalized spacial score (nSPS) is 21.0. The van der Waals surface area contributed by atoms with E-state index in [2.05, 4.69) is 48.3 Å². The van der Waals surface area contributed by atoms with E-state index in [0.29, 0.717) is 0 Å². The zero-order chi connectivity index (χ0) is 6.53. The van der Waals surface area contributed by atoms with Crippen LogP contribution in [0.4, 0.5) is 0 Å². The van der Waals surface area contributed by atoms with Gasteiger partial charge in [0.2, 0.25) is 0 Å². The molecular formula is C8H10I. The maximum Gasteiger partial charge on any atom is -0.000452 e. The minimum atomic E-state index is 1.25. The van der Waals surface area contributed by atoms with Crippen molar-refractivity contribution >= 4 is 22.6 Å². The van der Waals surface area contributed by atoms with Gasteiger partial charge in [0.1, 0.15) is 0 Å². The van der Waals surface area contributed by atoms with E-state index in [9.17, 15) is 0 Å². The number of alkyl halides is 1. The highest BCUT2D eigenvalue weighted by Crippen LogP contribution is 2.27. The average molecular weight is 233 g/mol. The second-order valence-electron chi connectivity index (χ2n) is 2.09. The molecule has 0 amide bonds. The highest BCUT2D eigenvalue weighted by Gasteiger charge is 2.15. The summed E-state index contributed by atoms with van der Waals surface area (Å²) in [5.74, 6) is 1.48. The monoisotopic (exact) mass is 233 g/mol. The van der Waals surface area contributed by atoms with Crippen molar-refractivity contribution in [3.8, 4) is 0 Å². The molecule has 9 heavy (non-hydrogen) atoms. The minimum Gasteiger partial charge on any atom is -0.0864 e. The molecule has 0 atom stereocenters. The van der Waals surface area contributed by atoms with Crippen molar-refractivity contribution < 1.29 is 0 Å². The smallest absolute Gasteiger partial charge is 0.000452 e. The maximum absolute atomic E-state index is 2.41. The van der Waals surface area contributed by atoms with Crippen molar-refractivity contribution in [2.45, 2.75) is 12.8 Å². The molecular weight excluding hydrogens is 223 g/mol. The van der Waals surface area contributed by atoms with Crippen LogP contribution in [0.15, 0.2) is 0 Å². The zero-order valence-corrected chi connectivity index (χ0v) is 7.47. The SMILES string of the molecule is ICCC[C]1[CH][CH][CH][CH]1. The number of hydrogen-bond acceptors (Lipinski definition) is 0. The summed E-state index contributed by atoms with van der Waals surface area (Å²) in [5.41, 5.74) is 0. The fourth-order valence-electron chi connectivity index (χ4n) is 0.851. The molecule has 1 aliphatic rings. The Kier molecular flexibility index (Phi) is 3.94. The van der Waals surface area contributed by atoms with Gasteiger partial charge in [0.15, 0.2) is 0 Å². The maximum atomic E-state index is 2.41. The summed E-state index contributed by atoms with van der Waals surface area (Å²) in [6, 6.07) is 0. The molecule has 1 heteroatoms. The third-order valence-electron chi connectivity index (χ3n) is 1.33. The Hall–Kier alpha value is 0.730. The lowest BCUT2D eigenvalue weighted by molar-refractivity contribution is 0.870. The van der Waals surface area contributed by atoms with E-state index in [1.54, 1.807) is 0 Å². The molecule has 5 radical (unpaired) electrons. The first-order valence-corrected chi connectivity index (χ1v) is 4.72. The Labute approximate surface area is 71.5 Å². The van der Waals surface area contributed by atoms with Gasteiger partial charge in [-0.2, -0.15) is 0 Å². The van der Waals surface area contributed by atoms with Crippen LogP contribution in [0, 0.1) is 31.6 Å². The summed E-state index contributed by atoms with van der Waals surface area (Å²) in [5, 5.41) is 0. The summed E-state index contributed by atoms with van der Waals surface area (Å²) >= 11 is 2.41. The molecule has 1 saturated carbocycles. The van der Waals surface area contributed by atoms with Gasteiger partial charge < -0.3 is 0 Å². The average Bonchev–Trinajstić information content (AvgIpc) is 2.34. The van der Waals surface area contributed by atoms with Gasteiger partial charge >= 0.3 is 0 Å². The first-order chi connectivity index (χ1) is 4.43. The van der Waals surface area contributed by atoms with Crippen LogP contribution in [-0.4, -0.2) is 4.43 Å². The van der Waals surface area contributed by atoms with E-state index in [0.717, 1.165) is 0 Å². The summed E-state index contributed by atoms with van der Waals surface area (Å²) in [4.78, 5) is 0. The van der Waals surface area contributed by atoms with Crippen molar-refractivity contribution in [1.29, 1.82) is 0 Å². The van der Waals surface area contributed by atoms with Crippen LogP contribution in [-0.2, 0) is 0 Å². The predicted molar refractivity (Wildman–Crippen MR) is 48.6 cm³/mol. The molecule has 0 nitrogen and oxygen atoms in total. The first kappa shape index (κ1) is 7.83. The lowest BCUT2D eigenvalue weighted by atomic mass is 10.0. The third-order valence-corrected chi connectivity index (χ3v) is 2.09. The Morgan fingerprint density at radius 2 is 1.89 bits per heavy atom. The lowest BCUT2D eigenvalue weighted by Gasteiger charge is -2.03. The van der Waals surface area contributed by atoms with E-state index in [1.807, 2.05) is 0 Å². The molecule has 0 spiro atoms. The van der Waals surface area contributed by atoms with Crippen molar-refractivity contribution in [2.75, 3.05) is 4.43 Å². The van der Waals surface area contributed by atoms with E-state index in [-0.39, 0.29) is 0 Å². The van der Waals surface area contributed by atoms with E-state index < -0.39 is 0 Å². The molecule has 0 bridgehead atoms. The molecule has 0 aliphatic heterocycles. The first-order valence-electron chi connectivity index (χ1n) is 3.20. The fraction of sp³-hybridized carbons (Fsp3) is 0.375. The molecule has 0 heterocycles. The van der Waals surface area contributed by atoms with Crippen molar-refractivity contribution in [3.63, 3.8) is 0 Å². The van der Waals surface area contributed by atoms with Gasteiger partial charge in [-0.15, -0.1) is 0 Å². The molecule has 0 aromatic heterocycles. The van der Waals surface area contributed by atoms with Crippen LogP contribution in [0.25, 0.3) is 0 Å². The number of halogens is 1. The van der Waals surface area contributed by atoms with Crippen LogP contribution in [0.1, 0.15) is 12.8 Å². The molecule has 0 unspecified atom stereocenters. The van der Waals surface area contributed by atoms with Gasteiger partial charge in [-0.05, 0) is 48.9 Å². The molecule has 0 N–H and O–H groups in total. The molecule has 1 fully saturated rings. The van der Waals surface area contributed by atoms with Crippen molar-refractivity contribution in [1.82, 2.24) is 0 Å². The van der Waals surface area contributed by atoms with Crippen LogP contribution < -0.4 is 0 Å². The van der Waals surface area contributed by atoms with E-state index in [4.69, 9.17) is 0 Å². The molecule has 1 rings (SSSR count). The largest absolute Gasteiger partial charge is 0.0864 e. The van der Waals surface area contributed by atoms with Gasteiger partial charge in [-0.3, -0.25) is 0 Å².